The van der Waals surface area contributed by atoms with Gasteiger partial charge in [-0.1, -0.05) is 12.1 Å². The largest absolute Gasteiger partial charge is 0.508 e. The number of benzene rings is 2. The standard InChI is InChI=1S/C24H24N2O7S/c1-13-9-15(5-8-18(13)28)21(29)25-19-22(30)26-20(16(10-27)12-34-23(19)26)24(31)33-11-14-3-6-17(32-2)7-4-14/h3-9,19,23,27-28H,10-12H2,1-2H3,(H,25,29)/t19-,23+/m0/s1. The summed E-state index contributed by atoms with van der Waals surface area (Å²) in [6.45, 7) is 1.27. The number of β-lactam (4-membered cyclic amide) rings is 1. The zero-order valence-electron chi connectivity index (χ0n) is 18.6. The molecule has 2 aliphatic heterocycles. The molecule has 178 valence electrons. The number of phenolic OH excluding ortho intramolecular Hbond substituents is 1. The van der Waals surface area contributed by atoms with Crippen LogP contribution in [0.25, 0.3) is 0 Å². The lowest BCUT2D eigenvalue weighted by Crippen LogP contribution is -2.70. The Bertz CT molecular complexity index is 1160. The molecule has 2 amide bonds. The summed E-state index contributed by atoms with van der Waals surface area (Å²) in [6.07, 6.45) is 0. The molecule has 0 radical (unpaired) electrons. The van der Waals surface area contributed by atoms with E-state index in [4.69, 9.17) is 9.47 Å². The number of thioether (sulfide) groups is 1. The molecule has 34 heavy (non-hydrogen) atoms. The van der Waals surface area contributed by atoms with Crippen molar-refractivity contribution in [2.75, 3.05) is 19.5 Å². The van der Waals surface area contributed by atoms with E-state index in [9.17, 15) is 24.6 Å². The number of carbonyl (C=O) groups excluding carboxylic acids is 3. The van der Waals surface area contributed by atoms with Gasteiger partial charge in [-0.2, -0.15) is 0 Å². The normalized spacial score (nSPS) is 19.3. The Kier molecular flexibility index (Phi) is 6.80. The van der Waals surface area contributed by atoms with E-state index < -0.39 is 29.2 Å². The first-order valence-electron chi connectivity index (χ1n) is 10.5. The van der Waals surface area contributed by atoms with Crippen molar-refractivity contribution in [2.45, 2.75) is 24.9 Å². The van der Waals surface area contributed by atoms with Gasteiger partial charge < -0.3 is 25.0 Å². The number of nitrogens with one attached hydrogen (secondary N) is 1. The average Bonchev–Trinajstić information content (AvgIpc) is 2.86. The Labute approximate surface area is 200 Å². The van der Waals surface area contributed by atoms with Crippen LogP contribution in [-0.2, 0) is 20.9 Å². The van der Waals surface area contributed by atoms with Crippen LogP contribution in [0.1, 0.15) is 21.5 Å². The van der Waals surface area contributed by atoms with Gasteiger partial charge in [0.05, 0.1) is 13.7 Å². The maximum atomic E-state index is 12.9. The van der Waals surface area contributed by atoms with Gasteiger partial charge in [0.15, 0.2) is 0 Å². The van der Waals surface area contributed by atoms with Crippen LogP contribution in [0, 0.1) is 6.92 Å². The molecule has 4 rings (SSSR count). The topological polar surface area (TPSA) is 125 Å². The zero-order chi connectivity index (χ0) is 24.4. The molecule has 0 aromatic heterocycles. The lowest BCUT2D eigenvalue weighted by Gasteiger charge is -2.49. The van der Waals surface area contributed by atoms with E-state index in [-0.39, 0.29) is 24.7 Å². The number of aryl methyl sites for hydroxylation is 1. The van der Waals surface area contributed by atoms with Gasteiger partial charge in [-0.3, -0.25) is 14.5 Å². The molecule has 1 saturated heterocycles. The molecular weight excluding hydrogens is 460 g/mol. The summed E-state index contributed by atoms with van der Waals surface area (Å²) in [5.41, 5.74) is 2.02. The van der Waals surface area contributed by atoms with Crippen LogP contribution >= 0.6 is 11.8 Å². The maximum Gasteiger partial charge on any atom is 0.355 e. The highest BCUT2D eigenvalue weighted by Gasteiger charge is 2.54. The first-order chi connectivity index (χ1) is 16.3. The predicted molar refractivity (Wildman–Crippen MR) is 124 cm³/mol. The van der Waals surface area contributed by atoms with Crippen LogP contribution in [0.15, 0.2) is 53.7 Å². The quantitative estimate of drug-likeness (QED) is 0.401. The van der Waals surface area contributed by atoms with Gasteiger partial charge in [0, 0.05) is 11.3 Å². The van der Waals surface area contributed by atoms with Crippen LogP contribution < -0.4 is 10.1 Å². The second kappa shape index (κ2) is 9.78. The number of fused-ring (bicyclic) bond motifs is 1. The van der Waals surface area contributed by atoms with Crippen LogP contribution in [0.4, 0.5) is 0 Å². The summed E-state index contributed by atoms with van der Waals surface area (Å²) in [6, 6.07) is 10.6. The van der Waals surface area contributed by atoms with Gasteiger partial charge in [0.1, 0.15) is 35.2 Å². The smallest absolute Gasteiger partial charge is 0.355 e. The average molecular weight is 485 g/mol. The van der Waals surface area contributed by atoms with E-state index in [1.165, 1.54) is 34.9 Å². The number of amides is 2. The molecule has 2 heterocycles. The number of nitrogens with zero attached hydrogens (tertiary/aromatic N) is 1. The minimum atomic E-state index is -0.823. The number of hydrogen-bond donors (Lipinski definition) is 3. The highest BCUT2D eigenvalue weighted by Crippen LogP contribution is 2.40. The third-order valence-electron chi connectivity index (χ3n) is 5.71. The molecule has 0 saturated carbocycles. The minimum Gasteiger partial charge on any atom is -0.508 e. The van der Waals surface area contributed by atoms with Crippen molar-refractivity contribution in [3.05, 3.63) is 70.4 Å². The number of phenols is 1. The Balaban J connectivity index is 1.45. The number of aliphatic hydroxyl groups excluding tert-OH is 1. The van der Waals surface area contributed by atoms with E-state index in [1.807, 2.05) is 0 Å². The van der Waals surface area contributed by atoms with Gasteiger partial charge in [0.2, 0.25) is 0 Å². The van der Waals surface area contributed by atoms with Gasteiger partial charge >= 0.3 is 5.97 Å². The number of aliphatic hydroxyl groups is 1. The molecular formula is C24H24N2O7S. The van der Waals surface area contributed by atoms with Crippen molar-refractivity contribution in [3.63, 3.8) is 0 Å². The van der Waals surface area contributed by atoms with E-state index in [0.717, 1.165) is 5.56 Å². The Morgan fingerprint density at radius 3 is 2.59 bits per heavy atom. The highest BCUT2D eigenvalue weighted by atomic mass is 32.2. The van der Waals surface area contributed by atoms with Crippen molar-refractivity contribution < 1.29 is 34.1 Å². The van der Waals surface area contributed by atoms with E-state index >= 15 is 0 Å². The molecule has 2 atom stereocenters. The summed E-state index contributed by atoms with van der Waals surface area (Å²) < 4.78 is 10.5. The Morgan fingerprint density at radius 1 is 1.21 bits per heavy atom. The van der Waals surface area contributed by atoms with Crippen molar-refractivity contribution in [2.24, 2.45) is 0 Å². The molecule has 3 N–H and O–H groups in total. The fourth-order valence-electron chi connectivity index (χ4n) is 3.75. The van der Waals surface area contributed by atoms with Crippen molar-refractivity contribution >= 4 is 29.5 Å². The number of hydrogen-bond acceptors (Lipinski definition) is 8. The van der Waals surface area contributed by atoms with E-state index in [2.05, 4.69) is 5.32 Å². The van der Waals surface area contributed by atoms with E-state index in [0.29, 0.717) is 28.2 Å². The maximum absolute atomic E-state index is 12.9. The van der Waals surface area contributed by atoms with Crippen molar-refractivity contribution in [1.29, 1.82) is 0 Å². The zero-order valence-corrected chi connectivity index (χ0v) is 19.4. The van der Waals surface area contributed by atoms with Crippen molar-refractivity contribution in [3.8, 4) is 11.5 Å². The summed E-state index contributed by atoms with van der Waals surface area (Å²) in [7, 11) is 1.56. The number of esters is 1. The molecule has 0 unspecified atom stereocenters. The lowest BCUT2D eigenvalue weighted by atomic mass is 10.0. The second-order valence-electron chi connectivity index (χ2n) is 7.90. The summed E-state index contributed by atoms with van der Waals surface area (Å²) in [5.74, 6) is -0.551. The van der Waals surface area contributed by atoms with Crippen LogP contribution in [0.2, 0.25) is 0 Å². The number of aromatic hydroxyl groups is 1. The predicted octanol–water partition coefficient (Wildman–Crippen LogP) is 1.71. The van der Waals surface area contributed by atoms with Gasteiger partial charge in [-0.25, -0.2) is 4.79 Å². The van der Waals surface area contributed by atoms with Gasteiger partial charge in [0.25, 0.3) is 11.8 Å². The number of carbonyl (C=O) groups is 3. The molecule has 10 heteroatoms. The first-order valence-corrected chi connectivity index (χ1v) is 11.6. The second-order valence-corrected chi connectivity index (χ2v) is 9.00. The molecule has 9 nitrogen and oxygen atoms in total. The summed E-state index contributed by atoms with van der Waals surface area (Å²) in [5, 5.41) is 21.6. The fourth-order valence-corrected chi connectivity index (χ4v) is 5.09. The highest BCUT2D eigenvalue weighted by molar-refractivity contribution is 8.00. The monoisotopic (exact) mass is 484 g/mol. The first kappa shape index (κ1) is 23.7. The Hall–Kier alpha value is -3.50. The number of ether oxygens (including phenoxy) is 2. The van der Waals surface area contributed by atoms with Crippen LogP contribution in [0.5, 0.6) is 11.5 Å². The van der Waals surface area contributed by atoms with Crippen molar-refractivity contribution in [1.82, 2.24) is 10.2 Å². The molecule has 0 bridgehead atoms. The summed E-state index contributed by atoms with van der Waals surface area (Å²) >= 11 is 1.35. The van der Waals surface area contributed by atoms with E-state index in [1.54, 1.807) is 38.3 Å². The number of rotatable bonds is 7. The van der Waals surface area contributed by atoms with Gasteiger partial charge in [-0.15, -0.1) is 11.8 Å². The molecule has 0 spiro atoms. The molecule has 2 aliphatic rings. The Morgan fingerprint density at radius 2 is 1.94 bits per heavy atom. The molecule has 1 fully saturated rings. The SMILES string of the molecule is COc1ccc(COC(=O)C2=C(CO)CS[C@@H]3[C@@H](NC(=O)c4ccc(O)c(C)c4)C(=O)N23)cc1. The van der Waals surface area contributed by atoms with Crippen LogP contribution in [-0.4, -0.2) is 63.8 Å². The molecule has 2 aromatic carbocycles. The third-order valence-corrected chi connectivity index (χ3v) is 7.05. The third kappa shape index (κ3) is 4.46. The van der Waals surface area contributed by atoms with Gasteiger partial charge in [-0.05, 0) is 54.0 Å². The van der Waals surface area contributed by atoms with Crippen LogP contribution in [0.3, 0.4) is 0 Å². The molecule has 2 aromatic rings. The number of methoxy groups -OCH3 is 1. The minimum absolute atomic E-state index is 0.00869. The fraction of sp³-hybridized carbons (Fsp3) is 0.292. The molecule has 0 aliphatic carbocycles. The summed E-state index contributed by atoms with van der Waals surface area (Å²) in [4.78, 5) is 39.7. The lowest BCUT2D eigenvalue weighted by molar-refractivity contribution is -0.152.